The summed E-state index contributed by atoms with van der Waals surface area (Å²) < 4.78 is 5.22. The van der Waals surface area contributed by atoms with Crippen LogP contribution >= 0.6 is 0 Å². The molecule has 2 N–H and O–H groups in total. The minimum atomic E-state index is -0.255. The molecule has 0 aromatic heterocycles. The summed E-state index contributed by atoms with van der Waals surface area (Å²) in [5.74, 6) is 0.889. The van der Waals surface area contributed by atoms with Crippen LogP contribution in [0.4, 0.5) is 11.4 Å². The van der Waals surface area contributed by atoms with Gasteiger partial charge in [-0.15, -0.1) is 0 Å². The van der Waals surface area contributed by atoms with E-state index < -0.39 is 0 Å². The number of hydrogen-bond donors (Lipinski definition) is 2. The monoisotopic (exact) mass is 457 g/mol. The molecule has 3 aromatic carbocycles. The molecule has 176 valence electrons. The fourth-order valence-corrected chi connectivity index (χ4v) is 4.16. The fourth-order valence-electron chi connectivity index (χ4n) is 4.16. The smallest absolute Gasteiger partial charge is 0.255 e. The molecule has 1 heterocycles. The highest BCUT2D eigenvalue weighted by molar-refractivity contribution is 6.06. The third-order valence-corrected chi connectivity index (χ3v) is 6.25. The molecule has 0 saturated carbocycles. The number of rotatable bonds is 7. The minimum Gasteiger partial charge on any atom is -0.497 e. The van der Waals surface area contributed by atoms with Crippen LogP contribution < -0.4 is 20.3 Å². The summed E-state index contributed by atoms with van der Waals surface area (Å²) in [5.41, 5.74) is 3.56. The van der Waals surface area contributed by atoms with E-state index in [-0.39, 0.29) is 11.8 Å². The summed E-state index contributed by atoms with van der Waals surface area (Å²) in [4.78, 5) is 28.4. The number of hydrogen-bond acceptors (Lipinski definition) is 4. The summed E-state index contributed by atoms with van der Waals surface area (Å²) in [7, 11) is 1.57. The van der Waals surface area contributed by atoms with Crippen molar-refractivity contribution in [3.05, 3.63) is 89.5 Å². The van der Waals surface area contributed by atoms with Gasteiger partial charge in [-0.1, -0.05) is 43.3 Å². The normalized spacial score (nSPS) is 13.9. The predicted octanol–water partition coefficient (Wildman–Crippen LogP) is 5.11. The van der Waals surface area contributed by atoms with E-state index in [1.54, 1.807) is 37.4 Å². The Bertz CT molecular complexity index is 1140. The molecular formula is C28H31N3O3. The molecule has 0 bridgehead atoms. The summed E-state index contributed by atoms with van der Waals surface area (Å²) in [6.45, 7) is 4.53. The van der Waals surface area contributed by atoms with Gasteiger partial charge in [-0.25, -0.2) is 0 Å². The standard InChI is InChI=1S/C28H31N3O3/c1-20-13-15-31(16-14-20)26-12-11-23(30-27(32)22-9-6-10-24(17-22)34-2)18-25(26)28(33)29-19-21-7-4-3-5-8-21/h3-12,17-18,20H,13-16,19H2,1-2H3,(H,29,33)(H,30,32). The van der Waals surface area contributed by atoms with Crippen molar-refractivity contribution in [1.82, 2.24) is 5.32 Å². The van der Waals surface area contributed by atoms with E-state index >= 15 is 0 Å². The first kappa shape index (κ1) is 23.4. The van der Waals surface area contributed by atoms with E-state index in [1.807, 2.05) is 42.5 Å². The number of nitrogens with one attached hydrogen (secondary N) is 2. The van der Waals surface area contributed by atoms with Crippen molar-refractivity contribution in [2.24, 2.45) is 5.92 Å². The van der Waals surface area contributed by atoms with Gasteiger partial charge >= 0.3 is 0 Å². The van der Waals surface area contributed by atoms with E-state index in [1.165, 1.54) is 0 Å². The van der Waals surface area contributed by atoms with Crippen LogP contribution in [-0.2, 0) is 6.54 Å². The lowest BCUT2D eigenvalue weighted by Crippen LogP contribution is -2.35. The first-order chi connectivity index (χ1) is 16.5. The first-order valence-electron chi connectivity index (χ1n) is 11.7. The van der Waals surface area contributed by atoms with Crippen LogP contribution in [0, 0.1) is 5.92 Å². The first-order valence-corrected chi connectivity index (χ1v) is 11.7. The maximum Gasteiger partial charge on any atom is 0.255 e. The summed E-state index contributed by atoms with van der Waals surface area (Å²) in [6, 6.07) is 22.4. The van der Waals surface area contributed by atoms with Gasteiger partial charge in [0.15, 0.2) is 0 Å². The lowest BCUT2D eigenvalue weighted by molar-refractivity contribution is 0.0950. The van der Waals surface area contributed by atoms with Crippen LogP contribution in [-0.4, -0.2) is 32.0 Å². The average molecular weight is 458 g/mol. The zero-order chi connectivity index (χ0) is 23.9. The molecule has 3 aromatic rings. The van der Waals surface area contributed by atoms with E-state index in [0.717, 1.165) is 37.2 Å². The number of amides is 2. The van der Waals surface area contributed by atoms with Gasteiger partial charge in [0, 0.05) is 36.6 Å². The Morgan fingerprint density at radius 1 is 0.941 bits per heavy atom. The Morgan fingerprint density at radius 3 is 2.44 bits per heavy atom. The molecule has 0 unspecified atom stereocenters. The predicted molar refractivity (Wildman–Crippen MR) is 136 cm³/mol. The van der Waals surface area contributed by atoms with Crippen molar-refractivity contribution >= 4 is 23.2 Å². The number of piperidine rings is 1. The zero-order valence-corrected chi connectivity index (χ0v) is 19.7. The highest BCUT2D eigenvalue weighted by atomic mass is 16.5. The molecule has 6 heteroatoms. The van der Waals surface area contributed by atoms with Gasteiger partial charge in [0.2, 0.25) is 0 Å². The maximum atomic E-state index is 13.3. The van der Waals surface area contributed by atoms with E-state index in [0.29, 0.717) is 35.0 Å². The summed E-state index contributed by atoms with van der Waals surface area (Å²) in [5, 5.41) is 5.96. The quantitative estimate of drug-likeness (QED) is 0.517. The van der Waals surface area contributed by atoms with Crippen molar-refractivity contribution in [1.29, 1.82) is 0 Å². The molecule has 0 spiro atoms. The molecule has 0 aliphatic carbocycles. The van der Waals surface area contributed by atoms with E-state index in [2.05, 4.69) is 22.5 Å². The highest BCUT2D eigenvalue weighted by Gasteiger charge is 2.22. The summed E-state index contributed by atoms with van der Waals surface area (Å²) >= 11 is 0. The molecule has 6 nitrogen and oxygen atoms in total. The molecule has 4 rings (SSSR count). The van der Waals surface area contributed by atoms with Gasteiger partial charge in [0.1, 0.15) is 5.75 Å². The lowest BCUT2D eigenvalue weighted by Gasteiger charge is -2.33. The summed E-state index contributed by atoms with van der Waals surface area (Å²) in [6.07, 6.45) is 2.19. The molecule has 0 radical (unpaired) electrons. The van der Waals surface area contributed by atoms with Crippen LogP contribution in [0.3, 0.4) is 0 Å². The zero-order valence-electron chi connectivity index (χ0n) is 19.7. The van der Waals surface area contributed by atoms with Gasteiger partial charge in [-0.05, 0) is 60.7 Å². The Kier molecular flexibility index (Phi) is 7.48. The van der Waals surface area contributed by atoms with Crippen LogP contribution in [0.2, 0.25) is 0 Å². The Hall–Kier alpha value is -3.80. The highest BCUT2D eigenvalue weighted by Crippen LogP contribution is 2.29. The van der Waals surface area contributed by atoms with Gasteiger partial charge in [-0.3, -0.25) is 9.59 Å². The molecule has 0 atom stereocenters. The number of anilines is 2. The third-order valence-electron chi connectivity index (χ3n) is 6.25. The Labute approximate surface area is 200 Å². The van der Waals surface area contributed by atoms with Crippen LogP contribution in [0.1, 0.15) is 46.0 Å². The van der Waals surface area contributed by atoms with Crippen LogP contribution in [0.5, 0.6) is 5.75 Å². The number of carbonyl (C=O) groups is 2. The maximum absolute atomic E-state index is 13.3. The SMILES string of the molecule is COc1cccc(C(=O)Nc2ccc(N3CCC(C)CC3)c(C(=O)NCc3ccccc3)c2)c1. The third kappa shape index (κ3) is 5.76. The van der Waals surface area contributed by atoms with Crippen molar-refractivity contribution in [2.75, 3.05) is 30.4 Å². The lowest BCUT2D eigenvalue weighted by atomic mass is 9.97. The van der Waals surface area contributed by atoms with E-state index in [4.69, 9.17) is 4.74 Å². The molecule has 1 aliphatic rings. The van der Waals surface area contributed by atoms with Gasteiger partial charge < -0.3 is 20.3 Å². The van der Waals surface area contributed by atoms with Crippen LogP contribution in [0.15, 0.2) is 72.8 Å². The fraction of sp³-hybridized carbons (Fsp3) is 0.286. The number of ether oxygens (including phenoxy) is 1. The van der Waals surface area contributed by atoms with Crippen molar-refractivity contribution in [3.63, 3.8) is 0 Å². The topological polar surface area (TPSA) is 70.7 Å². The molecular weight excluding hydrogens is 426 g/mol. The van der Waals surface area contributed by atoms with E-state index in [9.17, 15) is 9.59 Å². The molecule has 2 amide bonds. The number of nitrogens with zero attached hydrogens (tertiary/aromatic N) is 1. The van der Waals surface area contributed by atoms with Crippen LogP contribution in [0.25, 0.3) is 0 Å². The van der Waals surface area contributed by atoms with Gasteiger partial charge in [0.25, 0.3) is 11.8 Å². The van der Waals surface area contributed by atoms with Crippen molar-refractivity contribution in [2.45, 2.75) is 26.3 Å². The molecule has 1 aliphatic heterocycles. The van der Waals surface area contributed by atoms with Gasteiger partial charge in [-0.2, -0.15) is 0 Å². The second-order valence-electron chi connectivity index (χ2n) is 8.76. The minimum absolute atomic E-state index is 0.157. The number of benzene rings is 3. The molecule has 1 fully saturated rings. The largest absolute Gasteiger partial charge is 0.497 e. The molecule has 34 heavy (non-hydrogen) atoms. The second-order valence-corrected chi connectivity index (χ2v) is 8.76. The van der Waals surface area contributed by atoms with Crippen molar-refractivity contribution in [3.8, 4) is 5.75 Å². The second kappa shape index (κ2) is 10.9. The molecule has 1 saturated heterocycles. The Morgan fingerprint density at radius 2 is 1.71 bits per heavy atom. The van der Waals surface area contributed by atoms with Gasteiger partial charge in [0.05, 0.1) is 12.7 Å². The average Bonchev–Trinajstić information content (AvgIpc) is 2.88. The van der Waals surface area contributed by atoms with Crippen molar-refractivity contribution < 1.29 is 14.3 Å². The Balaban J connectivity index is 1.57. The number of carbonyl (C=O) groups excluding carboxylic acids is 2. The number of methoxy groups -OCH3 is 1.